The van der Waals surface area contributed by atoms with Gasteiger partial charge in [0, 0.05) is 10.4 Å². The maximum Gasteiger partial charge on any atom is 0.227 e. The second-order valence-corrected chi connectivity index (χ2v) is 6.87. The molecule has 0 spiro atoms. The van der Waals surface area contributed by atoms with Crippen LogP contribution in [0.2, 0.25) is 0 Å². The van der Waals surface area contributed by atoms with Crippen molar-refractivity contribution < 1.29 is 4.79 Å². The molecule has 102 valence electrons. The molecule has 0 aliphatic heterocycles. The summed E-state index contributed by atoms with van der Waals surface area (Å²) in [6.07, 6.45) is 4.84. The summed E-state index contributed by atoms with van der Waals surface area (Å²) >= 11 is 3.41. The summed E-state index contributed by atoms with van der Waals surface area (Å²) in [4.78, 5) is 12.4. The summed E-state index contributed by atoms with van der Waals surface area (Å²) < 4.78 is 0.945. The Morgan fingerprint density at radius 1 is 1.37 bits per heavy atom. The van der Waals surface area contributed by atoms with Gasteiger partial charge < -0.3 is 11.1 Å². The normalized spacial score (nSPS) is 28.6. The third kappa shape index (κ3) is 2.38. The lowest BCUT2D eigenvalue weighted by atomic mass is 9.88. The van der Waals surface area contributed by atoms with E-state index in [2.05, 4.69) is 21.2 Å². The molecule has 2 aliphatic carbocycles. The summed E-state index contributed by atoms with van der Waals surface area (Å²) in [5, 5.41) is 3.05. The largest absolute Gasteiger partial charge is 0.397 e. The van der Waals surface area contributed by atoms with E-state index in [1.54, 1.807) is 0 Å². The zero-order valence-corrected chi connectivity index (χ0v) is 12.7. The van der Waals surface area contributed by atoms with Crippen molar-refractivity contribution in [2.75, 3.05) is 11.1 Å². The van der Waals surface area contributed by atoms with Crippen molar-refractivity contribution in [1.29, 1.82) is 0 Å². The highest BCUT2D eigenvalue weighted by atomic mass is 79.9. The topological polar surface area (TPSA) is 55.1 Å². The number of hydrogen-bond donors (Lipinski definition) is 2. The predicted octanol–water partition coefficient (Wildman–Crippen LogP) is 3.71. The first-order chi connectivity index (χ1) is 9.04. The average Bonchev–Trinajstić information content (AvgIpc) is 2.95. The van der Waals surface area contributed by atoms with Gasteiger partial charge in [-0.2, -0.15) is 0 Å². The van der Waals surface area contributed by atoms with Gasteiger partial charge in [0.25, 0.3) is 0 Å². The van der Waals surface area contributed by atoms with E-state index in [9.17, 15) is 4.79 Å². The van der Waals surface area contributed by atoms with Crippen molar-refractivity contribution in [3.8, 4) is 0 Å². The highest BCUT2D eigenvalue weighted by molar-refractivity contribution is 9.10. The molecule has 3 N–H and O–H groups in total. The molecule has 3 unspecified atom stereocenters. The Bertz CT molecular complexity index is 506. The van der Waals surface area contributed by atoms with Gasteiger partial charge in [-0.3, -0.25) is 4.79 Å². The number of nitrogens with one attached hydrogen (secondary N) is 1. The van der Waals surface area contributed by atoms with E-state index in [1.165, 1.54) is 19.3 Å². The molecule has 0 heterocycles. The number of benzene rings is 1. The van der Waals surface area contributed by atoms with Crippen LogP contribution in [0.3, 0.4) is 0 Å². The Labute approximate surface area is 122 Å². The highest BCUT2D eigenvalue weighted by Crippen LogP contribution is 2.48. The van der Waals surface area contributed by atoms with Crippen LogP contribution in [0, 0.1) is 24.7 Å². The van der Waals surface area contributed by atoms with Crippen LogP contribution in [0.5, 0.6) is 0 Å². The molecule has 1 amide bonds. The van der Waals surface area contributed by atoms with Gasteiger partial charge >= 0.3 is 0 Å². The fourth-order valence-corrected chi connectivity index (χ4v) is 4.31. The van der Waals surface area contributed by atoms with E-state index in [-0.39, 0.29) is 11.8 Å². The third-order valence-electron chi connectivity index (χ3n) is 4.65. The van der Waals surface area contributed by atoms with E-state index >= 15 is 0 Å². The second kappa shape index (κ2) is 4.82. The summed E-state index contributed by atoms with van der Waals surface area (Å²) in [7, 11) is 0. The number of anilines is 2. The Balaban J connectivity index is 1.77. The second-order valence-electron chi connectivity index (χ2n) is 5.96. The Hall–Kier alpha value is -1.03. The molecule has 0 aromatic heterocycles. The average molecular weight is 323 g/mol. The van der Waals surface area contributed by atoms with Crippen LogP contribution in [0.15, 0.2) is 16.6 Å². The van der Waals surface area contributed by atoms with Crippen LogP contribution < -0.4 is 11.1 Å². The minimum absolute atomic E-state index is 0.157. The Kier molecular flexibility index (Phi) is 3.29. The standard InChI is InChI=1S/C15H19BrN2O/c1-8-4-11(16)7-13(17)14(8)18-15(19)12-6-9-2-3-10(12)5-9/h4,7,9-10,12H,2-3,5-6,17H2,1H3,(H,18,19). The molecule has 2 bridgehead atoms. The zero-order valence-electron chi connectivity index (χ0n) is 11.1. The number of fused-ring (bicyclic) bond motifs is 2. The molecule has 0 radical (unpaired) electrons. The summed E-state index contributed by atoms with van der Waals surface area (Å²) in [6.45, 7) is 1.97. The van der Waals surface area contributed by atoms with Gasteiger partial charge in [-0.05, 0) is 55.7 Å². The first-order valence-electron chi connectivity index (χ1n) is 6.91. The fraction of sp³-hybridized carbons (Fsp3) is 0.533. The van der Waals surface area contributed by atoms with Crippen LogP contribution in [0.1, 0.15) is 31.2 Å². The zero-order chi connectivity index (χ0) is 13.6. The van der Waals surface area contributed by atoms with Gasteiger partial charge in [-0.15, -0.1) is 0 Å². The molecular formula is C15H19BrN2O. The Morgan fingerprint density at radius 2 is 2.16 bits per heavy atom. The van der Waals surface area contributed by atoms with E-state index in [0.717, 1.165) is 28.1 Å². The number of nitrogens with two attached hydrogens (primary N) is 1. The van der Waals surface area contributed by atoms with Crippen LogP contribution in [-0.4, -0.2) is 5.91 Å². The number of rotatable bonds is 2. The molecule has 3 nitrogen and oxygen atoms in total. The monoisotopic (exact) mass is 322 g/mol. The minimum Gasteiger partial charge on any atom is -0.397 e. The van der Waals surface area contributed by atoms with Gasteiger partial charge in [0.15, 0.2) is 0 Å². The smallest absolute Gasteiger partial charge is 0.227 e. The summed E-state index contributed by atoms with van der Waals surface area (Å²) in [5.41, 5.74) is 8.41. The molecule has 2 saturated carbocycles. The third-order valence-corrected chi connectivity index (χ3v) is 5.11. The first-order valence-corrected chi connectivity index (χ1v) is 7.70. The molecule has 4 heteroatoms. The van der Waals surface area contributed by atoms with Gasteiger partial charge in [-0.1, -0.05) is 22.4 Å². The lowest BCUT2D eigenvalue weighted by Crippen LogP contribution is -2.27. The fourth-order valence-electron chi connectivity index (χ4n) is 3.72. The molecule has 3 rings (SSSR count). The van der Waals surface area contributed by atoms with Crippen molar-refractivity contribution >= 4 is 33.2 Å². The lowest BCUT2D eigenvalue weighted by molar-refractivity contribution is -0.121. The van der Waals surface area contributed by atoms with Crippen LogP contribution in [-0.2, 0) is 4.79 Å². The molecule has 2 fully saturated rings. The number of carbonyl (C=O) groups excluding carboxylic acids is 1. The quantitative estimate of drug-likeness (QED) is 0.815. The van der Waals surface area contributed by atoms with E-state index < -0.39 is 0 Å². The number of nitrogen functional groups attached to an aromatic ring is 1. The van der Waals surface area contributed by atoms with E-state index in [4.69, 9.17) is 5.73 Å². The molecule has 1 aromatic carbocycles. The number of hydrogen-bond acceptors (Lipinski definition) is 2. The number of halogens is 1. The van der Waals surface area contributed by atoms with E-state index in [0.29, 0.717) is 11.6 Å². The van der Waals surface area contributed by atoms with Crippen molar-refractivity contribution in [1.82, 2.24) is 0 Å². The molecule has 19 heavy (non-hydrogen) atoms. The van der Waals surface area contributed by atoms with Gasteiger partial charge in [0.1, 0.15) is 0 Å². The van der Waals surface area contributed by atoms with Crippen LogP contribution >= 0.6 is 15.9 Å². The maximum absolute atomic E-state index is 12.4. The molecule has 3 atom stereocenters. The van der Waals surface area contributed by atoms with E-state index in [1.807, 2.05) is 19.1 Å². The molecule has 1 aromatic rings. The molecular weight excluding hydrogens is 304 g/mol. The van der Waals surface area contributed by atoms with Crippen molar-refractivity contribution in [2.24, 2.45) is 17.8 Å². The number of carbonyl (C=O) groups is 1. The SMILES string of the molecule is Cc1cc(Br)cc(N)c1NC(=O)C1CC2CCC1C2. The summed E-state index contributed by atoms with van der Waals surface area (Å²) in [5.74, 6) is 1.73. The minimum atomic E-state index is 0.157. The molecule has 2 aliphatic rings. The van der Waals surface area contributed by atoms with Crippen LogP contribution in [0.4, 0.5) is 11.4 Å². The van der Waals surface area contributed by atoms with Gasteiger partial charge in [-0.25, -0.2) is 0 Å². The van der Waals surface area contributed by atoms with Gasteiger partial charge in [0.2, 0.25) is 5.91 Å². The number of aryl methyl sites for hydroxylation is 1. The highest BCUT2D eigenvalue weighted by Gasteiger charge is 2.43. The van der Waals surface area contributed by atoms with Crippen molar-refractivity contribution in [2.45, 2.75) is 32.6 Å². The van der Waals surface area contributed by atoms with Crippen molar-refractivity contribution in [3.63, 3.8) is 0 Å². The maximum atomic E-state index is 12.4. The summed E-state index contributed by atoms with van der Waals surface area (Å²) in [6, 6.07) is 3.82. The predicted molar refractivity (Wildman–Crippen MR) is 80.9 cm³/mol. The number of amides is 1. The first kappa shape index (κ1) is 13.0. The van der Waals surface area contributed by atoms with Crippen molar-refractivity contribution in [3.05, 3.63) is 22.2 Å². The lowest BCUT2D eigenvalue weighted by Gasteiger charge is -2.22. The molecule has 0 saturated heterocycles. The Morgan fingerprint density at radius 3 is 2.74 bits per heavy atom. The van der Waals surface area contributed by atoms with Crippen LogP contribution in [0.25, 0.3) is 0 Å². The van der Waals surface area contributed by atoms with Gasteiger partial charge in [0.05, 0.1) is 11.4 Å².